The highest BCUT2D eigenvalue weighted by atomic mass is 16.4. The third kappa shape index (κ3) is 3.70. The summed E-state index contributed by atoms with van der Waals surface area (Å²) in [5.41, 5.74) is 5.68. The van der Waals surface area contributed by atoms with Crippen molar-refractivity contribution in [1.82, 2.24) is 4.90 Å². The Labute approximate surface area is 102 Å². The fraction of sp³-hybridized carbons (Fsp3) is 0.833. The molecule has 1 rings (SSSR count). The molecule has 1 amide bonds. The summed E-state index contributed by atoms with van der Waals surface area (Å²) in [7, 11) is 0. The quantitative estimate of drug-likeness (QED) is 0.753. The van der Waals surface area contributed by atoms with Gasteiger partial charge in [-0.15, -0.1) is 0 Å². The molecule has 0 saturated carbocycles. The summed E-state index contributed by atoms with van der Waals surface area (Å²) >= 11 is 0. The van der Waals surface area contributed by atoms with Crippen molar-refractivity contribution in [3.63, 3.8) is 0 Å². The molecule has 0 radical (unpaired) electrons. The van der Waals surface area contributed by atoms with Crippen LogP contribution in [-0.2, 0) is 9.59 Å². The second-order valence-corrected chi connectivity index (χ2v) is 5.98. The van der Waals surface area contributed by atoms with Gasteiger partial charge in [-0.1, -0.05) is 20.8 Å². The molecule has 17 heavy (non-hydrogen) atoms. The highest BCUT2D eigenvalue weighted by molar-refractivity contribution is 5.82. The van der Waals surface area contributed by atoms with Crippen molar-refractivity contribution in [3.05, 3.63) is 0 Å². The summed E-state index contributed by atoms with van der Waals surface area (Å²) in [6, 6.07) is 0. The first-order valence-electron chi connectivity index (χ1n) is 5.96. The zero-order chi connectivity index (χ0) is 13.2. The van der Waals surface area contributed by atoms with Crippen LogP contribution in [0.15, 0.2) is 0 Å². The fourth-order valence-corrected chi connectivity index (χ4v) is 2.08. The number of hydrogen-bond donors (Lipinski definition) is 2. The summed E-state index contributed by atoms with van der Waals surface area (Å²) in [5.74, 6) is -1.41. The van der Waals surface area contributed by atoms with E-state index in [1.54, 1.807) is 4.90 Å². The Morgan fingerprint density at radius 2 is 1.94 bits per heavy atom. The smallest absolute Gasteiger partial charge is 0.310 e. The molecule has 0 aromatic carbocycles. The van der Waals surface area contributed by atoms with Crippen LogP contribution in [0.25, 0.3) is 0 Å². The number of carbonyl (C=O) groups excluding carboxylic acids is 1. The van der Waals surface area contributed by atoms with Crippen molar-refractivity contribution in [3.8, 4) is 0 Å². The van der Waals surface area contributed by atoms with Gasteiger partial charge in [0.05, 0.1) is 11.8 Å². The third-order valence-corrected chi connectivity index (χ3v) is 3.03. The van der Waals surface area contributed by atoms with Gasteiger partial charge >= 0.3 is 5.97 Å². The molecule has 1 heterocycles. The molecule has 0 spiro atoms. The molecular formula is C12H22N2O3. The molecule has 0 aliphatic carbocycles. The molecule has 0 aromatic heterocycles. The van der Waals surface area contributed by atoms with Crippen LogP contribution in [0, 0.1) is 17.3 Å². The van der Waals surface area contributed by atoms with Crippen molar-refractivity contribution in [2.75, 3.05) is 19.6 Å². The summed E-state index contributed by atoms with van der Waals surface area (Å²) in [5, 5.41) is 8.75. The van der Waals surface area contributed by atoms with Crippen molar-refractivity contribution in [1.29, 1.82) is 0 Å². The molecule has 1 fully saturated rings. The number of carboxylic acid groups (broad SMARTS) is 1. The second kappa shape index (κ2) is 5.04. The van der Waals surface area contributed by atoms with Crippen LogP contribution in [0.4, 0.5) is 0 Å². The van der Waals surface area contributed by atoms with Gasteiger partial charge in [-0.05, 0) is 11.8 Å². The summed E-state index contributed by atoms with van der Waals surface area (Å²) in [6.07, 6.45) is 0.733. The monoisotopic (exact) mass is 242 g/mol. The first-order valence-corrected chi connectivity index (χ1v) is 5.96. The van der Waals surface area contributed by atoms with Crippen molar-refractivity contribution < 1.29 is 14.7 Å². The maximum Gasteiger partial charge on any atom is 0.310 e. The van der Waals surface area contributed by atoms with Crippen LogP contribution in [0.5, 0.6) is 0 Å². The predicted molar refractivity (Wildman–Crippen MR) is 64.3 cm³/mol. The zero-order valence-corrected chi connectivity index (χ0v) is 10.8. The lowest BCUT2D eigenvalue weighted by atomic mass is 9.83. The Hall–Kier alpha value is -1.10. The van der Waals surface area contributed by atoms with E-state index in [-0.39, 0.29) is 17.2 Å². The minimum atomic E-state index is -0.825. The molecule has 1 saturated heterocycles. The van der Waals surface area contributed by atoms with Crippen molar-refractivity contribution >= 4 is 11.9 Å². The molecule has 98 valence electrons. The minimum Gasteiger partial charge on any atom is -0.481 e. The first-order chi connectivity index (χ1) is 7.74. The molecule has 1 unspecified atom stereocenters. The fourth-order valence-electron chi connectivity index (χ4n) is 2.08. The van der Waals surface area contributed by atoms with Crippen LogP contribution in [0.2, 0.25) is 0 Å². The van der Waals surface area contributed by atoms with Crippen molar-refractivity contribution in [2.45, 2.75) is 27.2 Å². The van der Waals surface area contributed by atoms with E-state index in [0.29, 0.717) is 19.6 Å². The van der Waals surface area contributed by atoms with E-state index in [2.05, 4.69) is 20.8 Å². The Bertz CT molecular complexity index is 303. The van der Waals surface area contributed by atoms with E-state index in [1.165, 1.54) is 0 Å². The minimum absolute atomic E-state index is 0.0000694. The van der Waals surface area contributed by atoms with E-state index < -0.39 is 11.9 Å². The highest BCUT2D eigenvalue weighted by Crippen LogP contribution is 2.27. The van der Waals surface area contributed by atoms with Gasteiger partial charge in [-0.25, -0.2) is 0 Å². The molecule has 1 aliphatic heterocycles. The number of amides is 1. The standard InChI is InChI=1S/C12H22N2O3/c1-12(2,3)4-8(5-13)10(15)14-6-9(7-14)11(16)17/h8-9H,4-7,13H2,1-3H3,(H,16,17). The highest BCUT2D eigenvalue weighted by Gasteiger charge is 2.38. The topological polar surface area (TPSA) is 83.6 Å². The largest absolute Gasteiger partial charge is 0.481 e. The average Bonchev–Trinajstić information content (AvgIpc) is 2.09. The van der Waals surface area contributed by atoms with E-state index >= 15 is 0 Å². The molecule has 3 N–H and O–H groups in total. The van der Waals surface area contributed by atoms with Gasteiger partial charge < -0.3 is 15.7 Å². The number of nitrogens with two attached hydrogens (primary N) is 1. The van der Waals surface area contributed by atoms with Crippen LogP contribution >= 0.6 is 0 Å². The Kier molecular flexibility index (Phi) is 4.14. The molecule has 5 heteroatoms. The number of carboxylic acids is 1. The van der Waals surface area contributed by atoms with Crippen LogP contribution in [0.1, 0.15) is 27.2 Å². The molecule has 0 bridgehead atoms. The van der Waals surface area contributed by atoms with E-state index in [9.17, 15) is 9.59 Å². The lowest BCUT2D eigenvalue weighted by Gasteiger charge is -2.39. The van der Waals surface area contributed by atoms with Gasteiger partial charge in [0.2, 0.25) is 5.91 Å². The van der Waals surface area contributed by atoms with Gasteiger partial charge in [-0.3, -0.25) is 9.59 Å². The SMILES string of the molecule is CC(C)(C)CC(CN)C(=O)N1CC(C(=O)O)C1. The Morgan fingerprint density at radius 1 is 1.41 bits per heavy atom. The summed E-state index contributed by atoms with van der Waals surface area (Å²) in [6.45, 7) is 7.19. The Balaban J connectivity index is 2.49. The maximum atomic E-state index is 12.1. The van der Waals surface area contributed by atoms with Gasteiger partial charge in [0.15, 0.2) is 0 Å². The van der Waals surface area contributed by atoms with E-state index in [1.807, 2.05) is 0 Å². The van der Waals surface area contributed by atoms with Gasteiger partial charge in [0.1, 0.15) is 0 Å². The zero-order valence-electron chi connectivity index (χ0n) is 10.8. The first kappa shape index (κ1) is 14.0. The summed E-state index contributed by atoms with van der Waals surface area (Å²) < 4.78 is 0. The number of rotatable bonds is 4. The number of hydrogen-bond acceptors (Lipinski definition) is 3. The van der Waals surface area contributed by atoms with Gasteiger partial charge in [-0.2, -0.15) is 0 Å². The number of likely N-dealkylation sites (tertiary alicyclic amines) is 1. The molecule has 5 nitrogen and oxygen atoms in total. The van der Waals surface area contributed by atoms with E-state index in [4.69, 9.17) is 10.8 Å². The van der Waals surface area contributed by atoms with Crippen LogP contribution in [-0.4, -0.2) is 41.5 Å². The van der Waals surface area contributed by atoms with Gasteiger partial charge in [0.25, 0.3) is 0 Å². The summed E-state index contributed by atoms with van der Waals surface area (Å²) in [4.78, 5) is 24.3. The third-order valence-electron chi connectivity index (χ3n) is 3.03. The maximum absolute atomic E-state index is 12.1. The number of aliphatic carboxylic acids is 1. The average molecular weight is 242 g/mol. The second-order valence-electron chi connectivity index (χ2n) is 5.98. The normalized spacial score (nSPS) is 18.7. The van der Waals surface area contributed by atoms with Crippen LogP contribution < -0.4 is 5.73 Å². The molecule has 1 aliphatic rings. The number of carbonyl (C=O) groups is 2. The molecular weight excluding hydrogens is 220 g/mol. The van der Waals surface area contributed by atoms with Gasteiger partial charge in [0, 0.05) is 19.6 Å². The number of nitrogens with zero attached hydrogens (tertiary/aromatic N) is 1. The lowest BCUT2D eigenvalue weighted by molar-refractivity contribution is -0.154. The molecule has 0 aromatic rings. The van der Waals surface area contributed by atoms with E-state index in [0.717, 1.165) is 6.42 Å². The molecule has 1 atom stereocenters. The Morgan fingerprint density at radius 3 is 2.29 bits per heavy atom. The van der Waals surface area contributed by atoms with Crippen LogP contribution in [0.3, 0.4) is 0 Å². The van der Waals surface area contributed by atoms with Crippen molar-refractivity contribution in [2.24, 2.45) is 23.0 Å². The predicted octanol–water partition coefficient (Wildman–Crippen LogP) is 0.541. The lowest BCUT2D eigenvalue weighted by Crippen LogP contribution is -2.55.